The van der Waals surface area contributed by atoms with E-state index in [-0.39, 0.29) is 25.2 Å². The van der Waals surface area contributed by atoms with Crippen molar-refractivity contribution < 1.29 is 24.2 Å². The molecule has 0 aliphatic carbocycles. The molecule has 1 unspecified atom stereocenters. The van der Waals surface area contributed by atoms with Gasteiger partial charge in [0.25, 0.3) is 0 Å². The third-order valence-corrected chi connectivity index (χ3v) is 11.2. The molecule has 0 spiro atoms. The third-order valence-electron chi connectivity index (χ3n) is 11.2. The number of ether oxygens (including phenoxy) is 2. The first-order chi connectivity index (χ1) is 26.1. The molecule has 316 valence electrons. The zero-order valence-electron chi connectivity index (χ0n) is 36.1. The number of esters is 2. The smallest absolute Gasteiger partial charge is 0.306 e. The number of hydrogen-bond donors (Lipinski definition) is 1. The van der Waals surface area contributed by atoms with E-state index in [0.29, 0.717) is 12.8 Å². The maximum atomic E-state index is 12.2. The second kappa shape index (κ2) is 45.3. The lowest BCUT2D eigenvalue weighted by Gasteiger charge is -2.15. The molecule has 0 radical (unpaired) electrons. The fraction of sp³-hybridized carbons (Fsp3) is 0.958. The van der Waals surface area contributed by atoms with E-state index in [1.54, 1.807) is 0 Å². The predicted molar refractivity (Wildman–Crippen MR) is 229 cm³/mol. The Hall–Kier alpha value is -1.10. The number of carbonyl (C=O) groups is 2. The fourth-order valence-corrected chi connectivity index (χ4v) is 7.50. The Balaban J connectivity index is 3.43. The Labute approximate surface area is 331 Å². The van der Waals surface area contributed by atoms with E-state index in [0.717, 1.165) is 32.1 Å². The van der Waals surface area contributed by atoms with Gasteiger partial charge in [-0.1, -0.05) is 251 Å². The van der Waals surface area contributed by atoms with E-state index < -0.39 is 6.10 Å². The van der Waals surface area contributed by atoms with Crippen molar-refractivity contribution in [3.8, 4) is 0 Å². The van der Waals surface area contributed by atoms with Crippen LogP contribution in [0.5, 0.6) is 0 Å². The van der Waals surface area contributed by atoms with Gasteiger partial charge >= 0.3 is 11.9 Å². The molecule has 0 aromatic rings. The lowest BCUT2D eigenvalue weighted by Crippen LogP contribution is -2.28. The summed E-state index contributed by atoms with van der Waals surface area (Å²) in [5, 5.41) is 9.60. The van der Waals surface area contributed by atoms with Crippen LogP contribution in [0.3, 0.4) is 0 Å². The van der Waals surface area contributed by atoms with E-state index in [2.05, 4.69) is 13.8 Å². The molecule has 53 heavy (non-hydrogen) atoms. The summed E-state index contributed by atoms with van der Waals surface area (Å²) in [5.41, 5.74) is 0. The van der Waals surface area contributed by atoms with E-state index in [9.17, 15) is 14.7 Å². The first-order valence-electron chi connectivity index (χ1n) is 24.1. The molecule has 0 fully saturated rings. The molecule has 0 aromatic heterocycles. The lowest BCUT2D eigenvalue weighted by molar-refractivity contribution is -0.161. The van der Waals surface area contributed by atoms with Crippen LogP contribution in [0.25, 0.3) is 0 Å². The Bertz CT molecular complexity index is 725. The first-order valence-corrected chi connectivity index (χ1v) is 24.1. The SMILES string of the molecule is CCCCCCCCCCCCCCCCCCCCCCCCC(=O)OC(CO)COC(=O)CCCCCCCCCCCCCCCCCCC. The van der Waals surface area contributed by atoms with Gasteiger partial charge in [0.2, 0.25) is 0 Å². The summed E-state index contributed by atoms with van der Waals surface area (Å²) in [5.74, 6) is -0.568. The molecule has 0 saturated carbocycles. The number of unbranched alkanes of at least 4 members (excludes halogenated alkanes) is 37. The van der Waals surface area contributed by atoms with Gasteiger partial charge in [0.05, 0.1) is 6.61 Å². The Kier molecular flexibility index (Phi) is 44.4. The van der Waals surface area contributed by atoms with Crippen molar-refractivity contribution in [1.29, 1.82) is 0 Å². The average Bonchev–Trinajstić information content (AvgIpc) is 3.16. The highest BCUT2D eigenvalue weighted by atomic mass is 16.6. The molecule has 5 nitrogen and oxygen atoms in total. The second-order valence-electron chi connectivity index (χ2n) is 16.6. The standard InChI is InChI=1S/C48H94O5/c1-3-5-7-9-11-13-15-17-19-21-22-23-24-25-27-29-31-33-35-37-39-41-43-48(51)53-46(44-49)45-52-47(50)42-40-38-36-34-32-30-28-26-20-18-16-14-12-10-8-6-4-2/h46,49H,3-45H2,1-2H3. The fourth-order valence-electron chi connectivity index (χ4n) is 7.50. The number of hydrogen-bond acceptors (Lipinski definition) is 5. The highest BCUT2D eigenvalue weighted by Crippen LogP contribution is 2.17. The molecule has 0 saturated heterocycles. The van der Waals surface area contributed by atoms with E-state index in [1.165, 1.54) is 218 Å². The number of aliphatic hydroxyl groups excluding tert-OH is 1. The van der Waals surface area contributed by atoms with Gasteiger partial charge in [-0.05, 0) is 12.8 Å². The lowest BCUT2D eigenvalue weighted by atomic mass is 10.0. The number of rotatable bonds is 45. The van der Waals surface area contributed by atoms with Gasteiger partial charge in [0.15, 0.2) is 6.10 Å². The van der Waals surface area contributed by atoms with Crippen LogP contribution in [-0.2, 0) is 19.1 Å². The summed E-state index contributed by atoms with van der Waals surface area (Å²) in [7, 11) is 0. The van der Waals surface area contributed by atoms with Crippen molar-refractivity contribution in [1.82, 2.24) is 0 Å². The maximum Gasteiger partial charge on any atom is 0.306 e. The van der Waals surface area contributed by atoms with Crippen LogP contribution in [0.15, 0.2) is 0 Å². The van der Waals surface area contributed by atoms with Crippen LogP contribution in [-0.4, -0.2) is 36.4 Å². The molecule has 0 rings (SSSR count). The Morgan fingerprint density at radius 3 is 0.830 bits per heavy atom. The molecule has 0 aromatic carbocycles. The molecule has 1 N–H and O–H groups in total. The average molecular weight is 751 g/mol. The van der Waals surface area contributed by atoms with Gasteiger partial charge < -0.3 is 14.6 Å². The van der Waals surface area contributed by atoms with Crippen molar-refractivity contribution in [2.24, 2.45) is 0 Å². The topological polar surface area (TPSA) is 72.8 Å². The van der Waals surface area contributed by atoms with Crippen molar-refractivity contribution in [3.63, 3.8) is 0 Å². The summed E-state index contributed by atoms with van der Waals surface area (Å²) >= 11 is 0. The molecule has 0 aliphatic heterocycles. The van der Waals surface area contributed by atoms with Gasteiger partial charge in [-0.15, -0.1) is 0 Å². The minimum atomic E-state index is -0.762. The van der Waals surface area contributed by atoms with Crippen LogP contribution in [0.1, 0.15) is 277 Å². The minimum absolute atomic E-state index is 0.0562. The van der Waals surface area contributed by atoms with Gasteiger partial charge in [0.1, 0.15) is 6.61 Å². The molecule has 0 amide bonds. The van der Waals surface area contributed by atoms with Crippen molar-refractivity contribution in [2.45, 2.75) is 283 Å². The van der Waals surface area contributed by atoms with Crippen LogP contribution in [0.2, 0.25) is 0 Å². The van der Waals surface area contributed by atoms with Gasteiger partial charge in [-0.3, -0.25) is 9.59 Å². The van der Waals surface area contributed by atoms with Crippen LogP contribution in [0, 0.1) is 0 Å². The molecule has 1 atom stereocenters. The summed E-state index contributed by atoms with van der Waals surface area (Å²) in [6.45, 7) is 4.19. The monoisotopic (exact) mass is 751 g/mol. The summed E-state index contributed by atoms with van der Waals surface area (Å²) in [4.78, 5) is 24.4. The van der Waals surface area contributed by atoms with E-state index in [1.807, 2.05) is 0 Å². The molecular formula is C48H94O5. The summed E-state index contributed by atoms with van der Waals surface area (Å²) in [6.07, 6.45) is 51.9. The first kappa shape index (κ1) is 51.9. The summed E-state index contributed by atoms with van der Waals surface area (Å²) in [6, 6.07) is 0. The van der Waals surface area contributed by atoms with Crippen LogP contribution < -0.4 is 0 Å². The molecule has 5 heteroatoms. The molecule has 0 aliphatic rings. The highest BCUT2D eigenvalue weighted by Gasteiger charge is 2.16. The largest absolute Gasteiger partial charge is 0.462 e. The van der Waals surface area contributed by atoms with Gasteiger partial charge in [0, 0.05) is 12.8 Å². The Morgan fingerprint density at radius 2 is 0.585 bits per heavy atom. The number of carbonyl (C=O) groups excluding carboxylic acids is 2. The number of aliphatic hydroxyl groups is 1. The minimum Gasteiger partial charge on any atom is -0.462 e. The van der Waals surface area contributed by atoms with Crippen molar-refractivity contribution in [2.75, 3.05) is 13.2 Å². The molecule has 0 bridgehead atoms. The van der Waals surface area contributed by atoms with Crippen LogP contribution in [0.4, 0.5) is 0 Å². The van der Waals surface area contributed by atoms with Gasteiger partial charge in [-0.25, -0.2) is 0 Å². The second-order valence-corrected chi connectivity index (χ2v) is 16.6. The quantitative estimate of drug-likeness (QED) is 0.0495. The van der Waals surface area contributed by atoms with Gasteiger partial charge in [-0.2, -0.15) is 0 Å². The van der Waals surface area contributed by atoms with Crippen molar-refractivity contribution >= 4 is 11.9 Å². The van der Waals surface area contributed by atoms with Crippen molar-refractivity contribution in [3.05, 3.63) is 0 Å². The molecular weight excluding hydrogens is 657 g/mol. The Morgan fingerprint density at radius 1 is 0.358 bits per heavy atom. The van der Waals surface area contributed by atoms with Crippen LogP contribution >= 0.6 is 0 Å². The zero-order valence-corrected chi connectivity index (χ0v) is 36.1. The maximum absolute atomic E-state index is 12.2. The summed E-state index contributed by atoms with van der Waals surface area (Å²) < 4.78 is 10.7. The third kappa shape index (κ3) is 43.5. The highest BCUT2D eigenvalue weighted by molar-refractivity contribution is 5.70. The normalized spacial score (nSPS) is 12.0. The van der Waals surface area contributed by atoms with E-state index >= 15 is 0 Å². The van der Waals surface area contributed by atoms with E-state index in [4.69, 9.17) is 9.47 Å². The predicted octanol–water partition coefficient (Wildman–Crippen LogP) is 15.5. The molecule has 0 heterocycles. The zero-order chi connectivity index (χ0) is 38.6.